The van der Waals surface area contributed by atoms with Crippen molar-refractivity contribution in [2.45, 2.75) is 19.1 Å². The van der Waals surface area contributed by atoms with Gasteiger partial charge in [-0.3, -0.25) is 4.79 Å². The molecule has 7 nitrogen and oxygen atoms in total. The molecule has 154 valence electrons. The molecule has 0 aromatic heterocycles. The second-order valence-electron chi connectivity index (χ2n) is 6.76. The number of nitrogens with one attached hydrogen (secondary N) is 2. The fourth-order valence-corrected chi connectivity index (χ4v) is 2.97. The average molecular weight is 406 g/mol. The topological polar surface area (TPSA) is 105 Å². The number of ether oxygens (including phenoxy) is 1. The fraction of sp³-hybridized carbons (Fsp3) is 0.174. The minimum atomic E-state index is -1.15. The van der Waals surface area contributed by atoms with Gasteiger partial charge in [0.2, 0.25) is 5.91 Å². The van der Waals surface area contributed by atoms with Gasteiger partial charge in [0.25, 0.3) is 0 Å². The molecule has 0 unspecified atom stereocenters. The van der Waals surface area contributed by atoms with Crippen molar-refractivity contribution >= 4 is 28.7 Å². The first-order chi connectivity index (χ1) is 14.5. The van der Waals surface area contributed by atoms with Crippen molar-refractivity contribution in [3.8, 4) is 0 Å². The minimum Gasteiger partial charge on any atom is -0.480 e. The van der Waals surface area contributed by atoms with Crippen molar-refractivity contribution in [3.05, 3.63) is 83.9 Å². The van der Waals surface area contributed by atoms with E-state index in [9.17, 15) is 19.5 Å². The van der Waals surface area contributed by atoms with Crippen molar-refractivity contribution in [2.75, 3.05) is 6.54 Å². The standard InChI is InChI=1S/C23H22N2O5/c26-21(14-24-23(29)30-15-16-6-2-1-3-7-16)25-20(22(27)28)13-17-10-11-18-8-4-5-9-19(18)12-17/h1-12,20H,13-15H2,(H,24,29)(H,25,26)(H,27,28)/t20-/m0/s1. The van der Waals surface area contributed by atoms with Crippen LogP contribution in [0.1, 0.15) is 11.1 Å². The Hall–Kier alpha value is -3.87. The van der Waals surface area contributed by atoms with E-state index in [1.807, 2.05) is 72.8 Å². The summed E-state index contributed by atoms with van der Waals surface area (Å²) in [6, 6.07) is 21.4. The third-order valence-corrected chi connectivity index (χ3v) is 4.49. The van der Waals surface area contributed by atoms with Gasteiger partial charge in [-0.15, -0.1) is 0 Å². The number of fused-ring (bicyclic) bond motifs is 1. The molecule has 0 saturated carbocycles. The van der Waals surface area contributed by atoms with Crippen LogP contribution in [0.15, 0.2) is 72.8 Å². The lowest BCUT2D eigenvalue weighted by atomic mass is 10.0. The van der Waals surface area contributed by atoms with Crippen LogP contribution in [0.4, 0.5) is 4.79 Å². The zero-order valence-electron chi connectivity index (χ0n) is 16.2. The van der Waals surface area contributed by atoms with Crippen molar-refractivity contribution < 1.29 is 24.2 Å². The molecule has 0 heterocycles. The first kappa shape index (κ1) is 20.9. The molecule has 3 N–H and O–H groups in total. The van der Waals surface area contributed by atoms with Gasteiger partial charge < -0.3 is 20.5 Å². The van der Waals surface area contributed by atoms with Crippen LogP contribution < -0.4 is 10.6 Å². The Morgan fingerprint density at radius 1 is 0.867 bits per heavy atom. The molecule has 0 radical (unpaired) electrons. The van der Waals surface area contributed by atoms with Crippen LogP contribution in [-0.2, 0) is 27.4 Å². The zero-order chi connectivity index (χ0) is 21.3. The Kier molecular flexibility index (Phi) is 7.00. The molecule has 30 heavy (non-hydrogen) atoms. The summed E-state index contributed by atoms with van der Waals surface area (Å²) in [4.78, 5) is 35.4. The quantitative estimate of drug-likeness (QED) is 0.534. The number of rotatable bonds is 8. The van der Waals surface area contributed by atoms with E-state index in [-0.39, 0.29) is 19.6 Å². The molecule has 0 aliphatic heterocycles. The van der Waals surface area contributed by atoms with Crippen molar-refractivity contribution in [3.63, 3.8) is 0 Å². The van der Waals surface area contributed by atoms with Gasteiger partial charge in [-0.05, 0) is 21.9 Å². The Labute approximate surface area is 173 Å². The highest BCUT2D eigenvalue weighted by Gasteiger charge is 2.21. The molecule has 3 aromatic carbocycles. The average Bonchev–Trinajstić information content (AvgIpc) is 2.76. The second kappa shape index (κ2) is 10.1. The minimum absolute atomic E-state index is 0.0774. The van der Waals surface area contributed by atoms with E-state index < -0.39 is 24.0 Å². The molecule has 0 saturated heterocycles. The first-order valence-electron chi connectivity index (χ1n) is 9.45. The number of aliphatic carboxylic acids is 1. The van der Waals surface area contributed by atoms with Gasteiger partial charge in [0.05, 0.1) is 0 Å². The maximum Gasteiger partial charge on any atom is 0.407 e. The van der Waals surface area contributed by atoms with E-state index in [2.05, 4.69) is 10.6 Å². The highest BCUT2D eigenvalue weighted by atomic mass is 16.5. The smallest absolute Gasteiger partial charge is 0.407 e. The summed E-state index contributed by atoms with van der Waals surface area (Å²) in [5.41, 5.74) is 1.61. The predicted octanol–water partition coefficient (Wildman–Crippen LogP) is 2.88. The number of carboxylic acids is 1. The summed E-state index contributed by atoms with van der Waals surface area (Å²) >= 11 is 0. The molecular formula is C23H22N2O5. The number of amides is 2. The fourth-order valence-electron chi connectivity index (χ4n) is 2.97. The lowest BCUT2D eigenvalue weighted by Gasteiger charge is -2.15. The number of carbonyl (C=O) groups is 3. The summed E-state index contributed by atoms with van der Waals surface area (Å²) in [7, 11) is 0. The van der Waals surface area contributed by atoms with Gasteiger partial charge in [-0.25, -0.2) is 9.59 Å². The van der Waals surface area contributed by atoms with Gasteiger partial charge in [0, 0.05) is 6.42 Å². The molecule has 0 aliphatic carbocycles. The zero-order valence-corrected chi connectivity index (χ0v) is 16.2. The predicted molar refractivity (Wildman–Crippen MR) is 112 cm³/mol. The molecule has 0 fully saturated rings. The number of alkyl carbamates (subject to hydrolysis) is 1. The van der Waals surface area contributed by atoms with E-state index in [0.29, 0.717) is 0 Å². The lowest BCUT2D eigenvalue weighted by Crippen LogP contribution is -2.46. The molecule has 3 aromatic rings. The monoisotopic (exact) mass is 406 g/mol. The molecule has 3 rings (SSSR count). The van der Waals surface area contributed by atoms with Gasteiger partial charge in [-0.2, -0.15) is 0 Å². The van der Waals surface area contributed by atoms with Gasteiger partial charge >= 0.3 is 12.1 Å². The second-order valence-corrected chi connectivity index (χ2v) is 6.76. The number of benzene rings is 3. The summed E-state index contributed by atoms with van der Waals surface area (Å²) in [5, 5.41) is 16.3. The van der Waals surface area contributed by atoms with Crippen molar-refractivity contribution in [2.24, 2.45) is 0 Å². The third kappa shape index (κ3) is 6.07. The summed E-state index contributed by atoms with van der Waals surface area (Å²) in [6.07, 6.45) is -0.625. The van der Waals surface area contributed by atoms with Crippen LogP contribution in [-0.4, -0.2) is 35.7 Å². The van der Waals surface area contributed by atoms with Crippen molar-refractivity contribution in [1.82, 2.24) is 10.6 Å². The molecule has 2 amide bonds. The number of hydrogen-bond acceptors (Lipinski definition) is 4. The molecule has 0 aliphatic rings. The summed E-state index contributed by atoms with van der Waals surface area (Å²) in [6.45, 7) is -0.302. The molecule has 0 bridgehead atoms. The Morgan fingerprint density at radius 2 is 1.57 bits per heavy atom. The van der Waals surface area contributed by atoms with E-state index in [0.717, 1.165) is 21.9 Å². The van der Waals surface area contributed by atoms with Crippen LogP contribution in [0.5, 0.6) is 0 Å². The summed E-state index contributed by atoms with van der Waals surface area (Å²) < 4.78 is 5.02. The van der Waals surface area contributed by atoms with Crippen LogP contribution in [0.25, 0.3) is 10.8 Å². The van der Waals surface area contributed by atoms with Crippen LogP contribution in [0.2, 0.25) is 0 Å². The number of carboxylic acid groups (broad SMARTS) is 1. The van der Waals surface area contributed by atoms with Crippen LogP contribution in [0, 0.1) is 0 Å². The first-order valence-corrected chi connectivity index (χ1v) is 9.45. The normalized spacial score (nSPS) is 11.5. The lowest BCUT2D eigenvalue weighted by molar-refractivity contribution is -0.141. The molecular weight excluding hydrogens is 384 g/mol. The summed E-state index contributed by atoms with van der Waals surface area (Å²) in [5.74, 6) is -1.76. The Morgan fingerprint density at radius 3 is 2.30 bits per heavy atom. The number of hydrogen-bond donors (Lipinski definition) is 3. The van der Waals surface area contributed by atoms with E-state index in [4.69, 9.17) is 4.74 Å². The number of carbonyl (C=O) groups excluding carboxylic acids is 2. The highest BCUT2D eigenvalue weighted by Crippen LogP contribution is 2.16. The SMILES string of the molecule is O=C(CNC(=O)OCc1ccccc1)N[C@@H](Cc1ccc2ccccc2c1)C(=O)O. The van der Waals surface area contributed by atoms with Gasteiger partial charge in [0.15, 0.2) is 0 Å². The maximum absolute atomic E-state index is 12.1. The van der Waals surface area contributed by atoms with Gasteiger partial charge in [0.1, 0.15) is 19.2 Å². The third-order valence-electron chi connectivity index (χ3n) is 4.49. The Balaban J connectivity index is 1.49. The molecule has 7 heteroatoms. The van der Waals surface area contributed by atoms with Gasteiger partial charge in [-0.1, -0.05) is 72.8 Å². The van der Waals surface area contributed by atoms with E-state index in [1.54, 1.807) is 0 Å². The Bertz CT molecular complexity index is 1040. The molecule has 0 spiro atoms. The van der Waals surface area contributed by atoms with Crippen LogP contribution in [0.3, 0.4) is 0 Å². The largest absolute Gasteiger partial charge is 0.480 e. The van der Waals surface area contributed by atoms with E-state index >= 15 is 0 Å². The van der Waals surface area contributed by atoms with Crippen molar-refractivity contribution in [1.29, 1.82) is 0 Å². The van der Waals surface area contributed by atoms with E-state index in [1.165, 1.54) is 0 Å². The highest BCUT2D eigenvalue weighted by molar-refractivity contribution is 5.87. The molecule has 1 atom stereocenters. The maximum atomic E-state index is 12.1. The van der Waals surface area contributed by atoms with Crippen LogP contribution >= 0.6 is 0 Å².